The first-order valence-electron chi connectivity index (χ1n) is 6.62. The fourth-order valence-electron chi connectivity index (χ4n) is 2.19. The normalized spacial score (nSPS) is 10.3. The lowest BCUT2D eigenvalue weighted by Crippen LogP contribution is -2.18. The van der Waals surface area contributed by atoms with Gasteiger partial charge in [0.2, 0.25) is 0 Å². The van der Waals surface area contributed by atoms with Crippen molar-refractivity contribution in [2.24, 2.45) is 0 Å². The van der Waals surface area contributed by atoms with Crippen molar-refractivity contribution in [1.82, 2.24) is 0 Å². The second kappa shape index (κ2) is 6.24. The van der Waals surface area contributed by atoms with Gasteiger partial charge in [-0.3, -0.25) is 4.79 Å². The quantitative estimate of drug-likeness (QED) is 0.905. The van der Waals surface area contributed by atoms with Crippen LogP contribution in [0.2, 0.25) is 0 Å². The minimum Gasteiger partial charge on any atom is -0.481 e. The number of hydrogen-bond donors (Lipinski definition) is 1. The summed E-state index contributed by atoms with van der Waals surface area (Å²) in [5.74, 6) is -0.796. The Morgan fingerprint density at radius 1 is 1.05 bits per heavy atom. The van der Waals surface area contributed by atoms with Crippen LogP contribution in [0.15, 0.2) is 48.5 Å². The van der Waals surface area contributed by atoms with Gasteiger partial charge in [0.05, 0.1) is 6.42 Å². The highest BCUT2D eigenvalue weighted by atomic mass is 16.4. The second-order valence-electron chi connectivity index (χ2n) is 5.03. The third-order valence-electron chi connectivity index (χ3n) is 3.34. The topological polar surface area (TPSA) is 40.5 Å². The lowest BCUT2D eigenvalue weighted by atomic mass is 10.0. The predicted octanol–water partition coefficient (Wildman–Crippen LogP) is 3.26. The second-order valence-corrected chi connectivity index (χ2v) is 5.03. The van der Waals surface area contributed by atoms with Crippen LogP contribution in [0, 0.1) is 6.92 Å². The van der Waals surface area contributed by atoms with Crippen LogP contribution in [0.4, 0.5) is 5.69 Å². The van der Waals surface area contributed by atoms with Gasteiger partial charge in [-0.1, -0.05) is 42.0 Å². The van der Waals surface area contributed by atoms with Gasteiger partial charge >= 0.3 is 5.97 Å². The maximum Gasteiger partial charge on any atom is 0.307 e. The molecular formula is C17H19NO2. The molecule has 3 nitrogen and oxygen atoms in total. The van der Waals surface area contributed by atoms with Crippen LogP contribution in [-0.4, -0.2) is 18.1 Å². The molecule has 0 aliphatic rings. The number of aryl methyl sites for hydroxylation is 1. The minimum absolute atomic E-state index is 0.0674. The predicted molar refractivity (Wildman–Crippen MR) is 81.1 cm³/mol. The lowest BCUT2D eigenvalue weighted by molar-refractivity contribution is -0.136. The summed E-state index contributed by atoms with van der Waals surface area (Å²) in [4.78, 5) is 13.0. The van der Waals surface area contributed by atoms with Crippen molar-refractivity contribution < 1.29 is 9.90 Å². The van der Waals surface area contributed by atoms with Gasteiger partial charge in [-0.25, -0.2) is 0 Å². The average molecular weight is 269 g/mol. The molecule has 2 rings (SSSR count). The van der Waals surface area contributed by atoms with Gasteiger partial charge in [0, 0.05) is 19.3 Å². The van der Waals surface area contributed by atoms with E-state index in [0.29, 0.717) is 6.54 Å². The van der Waals surface area contributed by atoms with E-state index in [-0.39, 0.29) is 6.42 Å². The van der Waals surface area contributed by atoms with E-state index >= 15 is 0 Å². The number of carboxylic acid groups (broad SMARTS) is 1. The third kappa shape index (κ3) is 3.60. The fraction of sp³-hybridized carbons (Fsp3) is 0.235. The third-order valence-corrected chi connectivity index (χ3v) is 3.34. The molecule has 0 saturated heterocycles. The number of carbonyl (C=O) groups is 1. The number of benzene rings is 2. The molecule has 0 aliphatic carbocycles. The van der Waals surface area contributed by atoms with Crippen molar-refractivity contribution in [3.63, 3.8) is 0 Å². The Bertz CT molecular complexity index is 590. The van der Waals surface area contributed by atoms with E-state index in [0.717, 1.165) is 16.8 Å². The number of aliphatic carboxylic acids is 1. The first-order chi connectivity index (χ1) is 9.56. The maximum absolute atomic E-state index is 10.9. The molecule has 0 atom stereocenters. The highest BCUT2D eigenvalue weighted by Gasteiger charge is 2.08. The summed E-state index contributed by atoms with van der Waals surface area (Å²) in [6.45, 7) is 2.76. The Labute approximate surface area is 119 Å². The summed E-state index contributed by atoms with van der Waals surface area (Å²) < 4.78 is 0. The molecular weight excluding hydrogens is 250 g/mol. The molecule has 20 heavy (non-hydrogen) atoms. The summed E-state index contributed by atoms with van der Waals surface area (Å²) in [6, 6.07) is 16.0. The van der Waals surface area contributed by atoms with Crippen molar-refractivity contribution in [2.75, 3.05) is 11.9 Å². The zero-order valence-electron chi connectivity index (χ0n) is 11.8. The number of nitrogens with zero attached hydrogens (tertiary/aromatic N) is 1. The van der Waals surface area contributed by atoms with E-state index in [9.17, 15) is 4.79 Å². The van der Waals surface area contributed by atoms with Crippen LogP contribution in [0.25, 0.3) is 0 Å². The number of carboxylic acids is 1. The molecule has 0 aliphatic heterocycles. The zero-order valence-corrected chi connectivity index (χ0v) is 11.8. The lowest BCUT2D eigenvalue weighted by Gasteiger charge is -2.21. The van der Waals surface area contributed by atoms with E-state index in [1.807, 2.05) is 31.3 Å². The minimum atomic E-state index is -0.796. The number of anilines is 1. The monoisotopic (exact) mass is 269 g/mol. The van der Waals surface area contributed by atoms with Crippen LogP contribution >= 0.6 is 0 Å². The smallest absolute Gasteiger partial charge is 0.307 e. The summed E-state index contributed by atoms with van der Waals surface area (Å²) in [5.41, 5.74) is 4.28. The summed E-state index contributed by atoms with van der Waals surface area (Å²) >= 11 is 0. The van der Waals surface area contributed by atoms with E-state index in [1.54, 1.807) is 0 Å². The van der Waals surface area contributed by atoms with Crippen molar-refractivity contribution in [3.8, 4) is 0 Å². The number of hydrogen-bond acceptors (Lipinski definition) is 2. The number of rotatable bonds is 5. The molecule has 1 N–H and O–H groups in total. The van der Waals surface area contributed by atoms with E-state index in [4.69, 9.17) is 5.11 Å². The first-order valence-corrected chi connectivity index (χ1v) is 6.62. The van der Waals surface area contributed by atoms with Gasteiger partial charge in [-0.15, -0.1) is 0 Å². The average Bonchev–Trinajstić information content (AvgIpc) is 2.41. The molecule has 0 heterocycles. The molecule has 0 spiro atoms. The Kier molecular flexibility index (Phi) is 4.41. The molecule has 104 valence electrons. The first kappa shape index (κ1) is 14.1. The molecule has 2 aromatic carbocycles. The fourth-order valence-corrected chi connectivity index (χ4v) is 2.19. The molecule has 0 unspecified atom stereocenters. The molecule has 0 fully saturated rings. The van der Waals surface area contributed by atoms with E-state index in [1.165, 1.54) is 5.56 Å². The van der Waals surface area contributed by atoms with Crippen LogP contribution in [0.3, 0.4) is 0 Å². The van der Waals surface area contributed by atoms with Crippen molar-refractivity contribution in [3.05, 3.63) is 65.2 Å². The van der Waals surface area contributed by atoms with Crippen LogP contribution < -0.4 is 4.90 Å². The Morgan fingerprint density at radius 3 is 2.25 bits per heavy atom. The molecule has 2 aromatic rings. The van der Waals surface area contributed by atoms with E-state index in [2.05, 4.69) is 36.1 Å². The van der Waals surface area contributed by atoms with Gasteiger partial charge in [0.15, 0.2) is 0 Å². The van der Waals surface area contributed by atoms with Crippen molar-refractivity contribution in [2.45, 2.75) is 19.9 Å². The Morgan fingerprint density at radius 2 is 1.65 bits per heavy atom. The molecule has 3 heteroatoms. The largest absolute Gasteiger partial charge is 0.481 e. The summed E-state index contributed by atoms with van der Waals surface area (Å²) in [7, 11) is 2.02. The highest BCUT2D eigenvalue weighted by molar-refractivity contribution is 5.70. The molecule has 0 aromatic heterocycles. The molecule has 0 radical (unpaired) electrons. The highest BCUT2D eigenvalue weighted by Crippen LogP contribution is 2.18. The Balaban J connectivity index is 2.17. The van der Waals surface area contributed by atoms with Gasteiger partial charge < -0.3 is 10.0 Å². The maximum atomic E-state index is 10.9. The molecule has 0 saturated carbocycles. The van der Waals surface area contributed by atoms with Crippen LogP contribution in [0.1, 0.15) is 16.7 Å². The standard InChI is InChI=1S/C17H19NO2/c1-13-7-9-16(10-8-13)18(2)12-15-6-4-3-5-14(15)11-17(19)20/h3-10H,11-12H2,1-2H3,(H,19,20). The SMILES string of the molecule is Cc1ccc(N(C)Cc2ccccc2CC(=O)O)cc1. The van der Waals surface area contributed by atoms with Crippen LogP contribution in [0.5, 0.6) is 0 Å². The van der Waals surface area contributed by atoms with Crippen molar-refractivity contribution in [1.29, 1.82) is 0 Å². The van der Waals surface area contributed by atoms with E-state index < -0.39 is 5.97 Å². The van der Waals surface area contributed by atoms with Crippen LogP contribution in [-0.2, 0) is 17.8 Å². The zero-order chi connectivity index (χ0) is 14.5. The van der Waals surface area contributed by atoms with Gasteiger partial charge in [-0.05, 0) is 30.2 Å². The van der Waals surface area contributed by atoms with Gasteiger partial charge in [0.1, 0.15) is 0 Å². The summed E-state index contributed by atoms with van der Waals surface area (Å²) in [5, 5.41) is 8.96. The molecule has 0 amide bonds. The van der Waals surface area contributed by atoms with Gasteiger partial charge in [0.25, 0.3) is 0 Å². The van der Waals surface area contributed by atoms with Crippen molar-refractivity contribution >= 4 is 11.7 Å². The molecule has 0 bridgehead atoms. The Hall–Kier alpha value is -2.29. The van der Waals surface area contributed by atoms with Gasteiger partial charge in [-0.2, -0.15) is 0 Å². The summed E-state index contributed by atoms with van der Waals surface area (Å²) in [6.07, 6.45) is 0.0674.